The largest absolute Gasteiger partial charge is 0.338 e. The van der Waals surface area contributed by atoms with Crippen LogP contribution in [0.3, 0.4) is 0 Å². The SMILES string of the molecule is CN1CC(c2ccccc2)([N+](=O)O)CC(C)(C)C1=O. The number of likely N-dealkylation sites (tertiary alicyclic amines) is 1. The van der Waals surface area contributed by atoms with Gasteiger partial charge in [0.05, 0.1) is 16.9 Å². The first-order valence-electron chi connectivity index (χ1n) is 6.27. The summed E-state index contributed by atoms with van der Waals surface area (Å²) < 4.78 is 0. The van der Waals surface area contributed by atoms with Gasteiger partial charge in [-0.2, -0.15) is 0 Å². The first-order chi connectivity index (χ1) is 8.79. The van der Waals surface area contributed by atoms with E-state index in [2.05, 4.69) is 0 Å². The molecule has 102 valence electrons. The van der Waals surface area contributed by atoms with Gasteiger partial charge in [-0.3, -0.25) is 4.79 Å². The van der Waals surface area contributed by atoms with Crippen molar-refractivity contribution in [1.82, 2.24) is 4.90 Å². The molecule has 1 heterocycles. The Balaban J connectivity index is 2.53. The Morgan fingerprint density at radius 2 is 1.84 bits per heavy atom. The number of carbonyl (C=O) groups is 1. The fourth-order valence-corrected chi connectivity index (χ4v) is 3.02. The van der Waals surface area contributed by atoms with Crippen molar-refractivity contribution in [2.24, 2.45) is 5.41 Å². The Labute approximate surface area is 112 Å². The third kappa shape index (κ3) is 2.09. The van der Waals surface area contributed by atoms with Gasteiger partial charge in [0.1, 0.15) is 0 Å². The molecule has 0 bridgehead atoms. The Morgan fingerprint density at radius 1 is 1.26 bits per heavy atom. The molecule has 1 aliphatic heterocycles. The lowest BCUT2D eigenvalue weighted by molar-refractivity contribution is -0.851. The number of nitrogens with zero attached hydrogens (tertiary/aromatic N) is 2. The normalized spacial score (nSPS) is 26.3. The van der Waals surface area contributed by atoms with E-state index in [-0.39, 0.29) is 23.8 Å². The maximum absolute atomic E-state index is 12.1. The predicted octanol–water partition coefficient (Wildman–Crippen LogP) is 1.94. The van der Waals surface area contributed by atoms with E-state index in [1.165, 1.54) is 4.90 Å². The second kappa shape index (κ2) is 4.33. The number of benzene rings is 1. The standard InChI is InChI=1S/C14H19N2O3/c1-13(2)9-14(16(18)19,10-15(3)12(13)17)11-7-5-4-6-8-11/h4-8H,9-10H2,1-3H3,(H,18,19)/q+1. The van der Waals surface area contributed by atoms with Crippen LogP contribution in [0.5, 0.6) is 0 Å². The second-order valence-electron chi connectivity index (χ2n) is 5.89. The van der Waals surface area contributed by atoms with Gasteiger partial charge in [0.2, 0.25) is 10.8 Å². The Hall–Kier alpha value is -1.91. The average Bonchev–Trinajstić information content (AvgIpc) is 2.36. The fraction of sp³-hybridized carbons (Fsp3) is 0.500. The monoisotopic (exact) mass is 263 g/mol. The third-order valence-electron chi connectivity index (χ3n) is 3.84. The summed E-state index contributed by atoms with van der Waals surface area (Å²) in [7, 11) is 1.66. The summed E-state index contributed by atoms with van der Waals surface area (Å²) in [4.78, 5) is 25.4. The number of amides is 1. The summed E-state index contributed by atoms with van der Waals surface area (Å²) in [6.07, 6.45) is 0.285. The molecule has 0 radical (unpaired) electrons. The van der Waals surface area contributed by atoms with Crippen molar-refractivity contribution in [2.45, 2.75) is 25.8 Å². The second-order valence-corrected chi connectivity index (χ2v) is 5.89. The molecule has 0 aromatic heterocycles. The molecule has 1 amide bonds. The Morgan fingerprint density at radius 3 is 2.32 bits per heavy atom. The highest BCUT2D eigenvalue weighted by Gasteiger charge is 2.59. The summed E-state index contributed by atoms with van der Waals surface area (Å²) in [6.45, 7) is 3.78. The first-order valence-corrected chi connectivity index (χ1v) is 6.27. The minimum atomic E-state index is -1.10. The topological polar surface area (TPSA) is 60.6 Å². The summed E-state index contributed by atoms with van der Waals surface area (Å²) >= 11 is 0. The first kappa shape index (κ1) is 13.5. The van der Waals surface area contributed by atoms with E-state index >= 15 is 0 Å². The third-order valence-corrected chi connectivity index (χ3v) is 3.84. The number of hydrogen-bond donors (Lipinski definition) is 1. The number of rotatable bonds is 2. The summed E-state index contributed by atoms with van der Waals surface area (Å²) in [5.41, 5.74) is -1.07. The van der Waals surface area contributed by atoms with E-state index in [0.717, 1.165) is 5.56 Å². The van der Waals surface area contributed by atoms with E-state index < -0.39 is 11.0 Å². The van der Waals surface area contributed by atoms with E-state index in [0.29, 0.717) is 0 Å². The Bertz CT molecular complexity index is 513. The molecule has 1 atom stereocenters. The van der Waals surface area contributed by atoms with Crippen LogP contribution in [0.2, 0.25) is 0 Å². The van der Waals surface area contributed by atoms with Crippen LogP contribution < -0.4 is 0 Å². The van der Waals surface area contributed by atoms with E-state index in [1.807, 2.05) is 18.2 Å². The molecule has 0 aliphatic carbocycles. The van der Waals surface area contributed by atoms with Crippen LogP contribution in [-0.4, -0.2) is 34.5 Å². The van der Waals surface area contributed by atoms with Crippen LogP contribution in [0.4, 0.5) is 0 Å². The van der Waals surface area contributed by atoms with Gasteiger partial charge >= 0.3 is 5.54 Å². The molecule has 5 nitrogen and oxygen atoms in total. The van der Waals surface area contributed by atoms with Gasteiger partial charge in [-0.05, 0) is 0 Å². The highest BCUT2D eigenvalue weighted by Crippen LogP contribution is 2.42. The molecular formula is C14H19N2O3+. The molecule has 1 unspecified atom stereocenters. The molecule has 1 aromatic carbocycles. The maximum atomic E-state index is 12.1. The summed E-state index contributed by atoms with van der Waals surface area (Å²) in [5, 5.41) is 9.66. The molecule has 1 aliphatic rings. The van der Waals surface area contributed by atoms with Crippen LogP contribution >= 0.6 is 0 Å². The molecule has 19 heavy (non-hydrogen) atoms. The highest BCUT2D eigenvalue weighted by molar-refractivity contribution is 5.83. The number of piperidine rings is 1. The molecule has 2 rings (SSSR count). The molecule has 0 spiro atoms. The van der Waals surface area contributed by atoms with Gasteiger partial charge < -0.3 is 4.90 Å². The van der Waals surface area contributed by atoms with Crippen molar-refractivity contribution in [1.29, 1.82) is 0 Å². The van der Waals surface area contributed by atoms with Crippen molar-refractivity contribution in [3.63, 3.8) is 0 Å². The van der Waals surface area contributed by atoms with Crippen molar-refractivity contribution in [3.05, 3.63) is 40.8 Å². The number of carbonyl (C=O) groups excluding carboxylic acids is 1. The lowest BCUT2D eigenvalue weighted by Crippen LogP contribution is -2.58. The number of hydrogen-bond acceptors (Lipinski definition) is 2. The molecular weight excluding hydrogens is 244 g/mol. The maximum Gasteiger partial charge on any atom is 0.309 e. The van der Waals surface area contributed by atoms with Crippen molar-refractivity contribution < 1.29 is 14.9 Å². The van der Waals surface area contributed by atoms with Gasteiger partial charge in [-0.1, -0.05) is 44.2 Å². The molecule has 1 N–H and O–H groups in total. The molecule has 5 heteroatoms. The van der Waals surface area contributed by atoms with Gasteiger partial charge in [0.25, 0.3) is 0 Å². The average molecular weight is 263 g/mol. The molecule has 0 saturated carbocycles. The molecule has 1 aromatic rings. The van der Waals surface area contributed by atoms with E-state index in [9.17, 15) is 14.9 Å². The smallest absolute Gasteiger partial charge is 0.309 e. The van der Waals surface area contributed by atoms with Gasteiger partial charge in [-0.15, -0.1) is 0 Å². The Kier molecular flexibility index (Phi) is 3.08. The zero-order valence-electron chi connectivity index (χ0n) is 11.5. The van der Waals surface area contributed by atoms with Crippen molar-refractivity contribution in [2.75, 3.05) is 13.6 Å². The van der Waals surface area contributed by atoms with Crippen LogP contribution in [0.15, 0.2) is 30.3 Å². The van der Waals surface area contributed by atoms with E-state index in [1.54, 1.807) is 33.0 Å². The van der Waals surface area contributed by atoms with Gasteiger partial charge in [0, 0.05) is 19.0 Å². The zero-order chi connectivity index (χ0) is 14.3. The van der Waals surface area contributed by atoms with Gasteiger partial charge in [-0.25, -0.2) is 5.21 Å². The lowest BCUT2D eigenvalue weighted by Gasteiger charge is -2.40. The molecule has 1 saturated heterocycles. The highest BCUT2D eigenvalue weighted by atomic mass is 16.6. The number of likely N-dealkylation sites (N-methyl/N-ethyl adjacent to an activating group) is 1. The van der Waals surface area contributed by atoms with Crippen LogP contribution in [0.25, 0.3) is 0 Å². The predicted molar refractivity (Wildman–Crippen MR) is 69.6 cm³/mol. The summed E-state index contributed by atoms with van der Waals surface area (Å²) in [5.74, 6) is -0.0130. The zero-order valence-corrected chi connectivity index (χ0v) is 11.5. The van der Waals surface area contributed by atoms with Gasteiger partial charge in [0.15, 0.2) is 0 Å². The fourth-order valence-electron chi connectivity index (χ4n) is 3.02. The van der Waals surface area contributed by atoms with Crippen molar-refractivity contribution >= 4 is 5.91 Å². The van der Waals surface area contributed by atoms with Crippen molar-refractivity contribution in [3.8, 4) is 0 Å². The molecule has 1 fully saturated rings. The van der Waals surface area contributed by atoms with Crippen LogP contribution in [0.1, 0.15) is 25.8 Å². The van der Waals surface area contributed by atoms with E-state index in [4.69, 9.17) is 0 Å². The minimum absolute atomic E-state index is 0.00697. The lowest BCUT2D eigenvalue weighted by atomic mass is 9.71. The van der Waals surface area contributed by atoms with Crippen LogP contribution in [-0.2, 0) is 10.3 Å². The minimum Gasteiger partial charge on any atom is -0.338 e. The summed E-state index contributed by atoms with van der Waals surface area (Å²) in [6, 6.07) is 9.11. The quantitative estimate of drug-likeness (QED) is 0.829. The van der Waals surface area contributed by atoms with Crippen LogP contribution in [0, 0.1) is 10.3 Å².